The molecular weight excluding hydrogens is 449 g/mol. The van der Waals surface area contributed by atoms with Crippen molar-refractivity contribution in [1.29, 1.82) is 0 Å². The summed E-state index contributed by atoms with van der Waals surface area (Å²) in [4.78, 5) is 20.9. The first-order valence-electron chi connectivity index (χ1n) is 10.7. The molecule has 5 rings (SSSR count). The lowest BCUT2D eigenvalue weighted by atomic mass is 10.2. The summed E-state index contributed by atoms with van der Waals surface area (Å²) in [6, 6.07) is 14.3. The van der Waals surface area contributed by atoms with Gasteiger partial charge < -0.3 is 19.9 Å². The number of hydrogen-bond donors (Lipinski definition) is 3. The van der Waals surface area contributed by atoms with Gasteiger partial charge in [-0.15, -0.1) is 0 Å². The average molecular weight is 469 g/mol. The van der Waals surface area contributed by atoms with Crippen molar-refractivity contribution in [1.82, 2.24) is 24.7 Å². The Labute approximate surface area is 199 Å². The third kappa shape index (κ3) is 5.17. The minimum absolute atomic E-state index is 0.0186. The van der Waals surface area contributed by atoms with Crippen molar-refractivity contribution in [2.24, 2.45) is 0 Å². The summed E-state index contributed by atoms with van der Waals surface area (Å²) in [5.74, 6) is 0.132. The molecule has 0 fully saturated rings. The van der Waals surface area contributed by atoms with Gasteiger partial charge in [-0.05, 0) is 43.3 Å². The van der Waals surface area contributed by atoms with Gasteiger partial charge in [-0.1, -0.05) is 6.07 Å². The SMILES string of the molecule is Cc1cn(-c2cccc(NC(=O)Nc3ccc(Oc4ccnc(-c5cn[nH]c5)c4)cc3F)c2)cn1. The number of aryl methyl sites for hydroxylation is 1. The lowest BCUT2D eigenvalue weighted by Gasteiger charge is -2.11. The van der Waals surface area contributed by atoms with Crippen LogP contribution in [0.25, 0.3) is 16.9 Å². The van der Waals surface area contributed by atoms with Crippen molar-refractivity contribution in [2.75, 3.05) is 10.6 Å². The maximum atomic E-state index is 14.7. The number of ether oxygens (including phenoxy) is 1. The molecule has 0 atom stereocenters. The van der Waals surface area contributed by atoms with E-state index in [-0.39, 0.29) is 11.4 Å². The summed E-state index contributed by atoms with van der Waals surface area (Å²) >= 11 is 0. The van der Waals surface area contributed by atoms with Gasteiger partial charge >= 0.3 is 6.03 Å². The van der Waals surface area contributed by atoms with E-state index in [1.54, 1.807) is 55.2 Å². The number of anilines is 2. The maximum absolute atomic E-state index is 14.7. The molecule has 3 N–H and O–H groups in total. The quantitative estimate of drug-likeness (QED) is 0.302. The summed E-state index contributed by atoms with van der Waals surface area (Å²) < 4.78 is 22.3. The van der Waals surface area contributed by atoms with Gasteiger partial charge in [0.15, 0.2) is 0 Å². The number of aromatic amines is 1. The molecule has 0 unspecified atom stereocenters. The van der Waals surface area contributed by atoms with Crippen molar-refractivity contribution >= 4 is 17.4 Å². The van der Waals surface area contributed by atoms with Crippen molar-refractivity contribution < 1.29 is 13.9 Å². The number of hydrogen-bond acceptors (Lipinski definition) is 5. The predicted octanol–water partition coefficient (Wildman–Crippen LogP) is 5.54. The molecule has 2 amide bonds. The van der Waals surface area contributed by atoms with Gasteiger partial charge in [-0.25, -0.2) is 14.2 Å². The maximum Gasteiger partial charge on any atom is 0.323 e. The fourth-order valence-corrected chi connectivity index (χ4v) is 3.41. The van der Waals surface area contributed by atoms with Gasteiger partial charge in [0.2, 0.25) is 0 Å². The molecule has 0 spiro atoms. The van der Waals surface area contributed by atoms with E-state index in [1.165, 1.54) is 12.1 Å². The fraction of sp³-hybridized carbons (Fsp3) is 0.0400. The summed E-state index contributed by atoms with van der Waals surface area (Å²) in [5.41, 5.74) is 3.76. The Morgan fingerprint density at radius 3 is 2.71 bits per heavy atom. The summed E-state index contributed by atoms with van der Waals surface area (Å²) in [6.07, 6.45) is 8.52. The molecule has 3 aromatic heterocycles. The number of aromatic nitrogens is 5. The van der Waals surface area contributed by atoms with Crippen LogP contribution in [0.3, 0.4) is 0 Å². The van der Waals surface area contributed by atoms with E-state index in [1.807, 2.05) is 29.8 Å². The smallest absolute Gasteiger partial charge is 0.323 e. The van der Waals surface area contributed by atoms with Crippen molar-refractivity contribution in [3.8, 4) is 28.4 Å². The van der Waals surface area contributed by atoms with E-state index in [2.05, 4.69) is 30.8 Å². The third-order valence-corrected chi connectivity index (χ3v) is 5.06. The molecule has 0 radical (unpaired) electrons. The Morgan fingerprint density at radius 1 is 1.06 bits per heavy atom. The summed E-state index contributed by atoms with van der Waals surface area (Å²) in [7, 11) is 0. The Balaban J connectivity index is 1.24. The predicted molar refractivity (Wildman–Crippen MR) is 129 cm³/mol. The number of imidazole rings is 1. The van der Waals surface area contributed by atoms with E-state index < -0.39 is 11.8 Å². The van der Waals surface area contributed by atoms with Crippen LogP contribution in [0.5, 0.6) is 11.5 Å². The number of carbonyl (C=O) groups is 1. The highest BCUT2D eigenvalue weighted by molar-refractivity contribution is 6.00. The van der Waals surface area contributed by atoms with Crippen LogP contribution in [-0.2, 0) is 0 Å². The lowest BCUT2D eigenvalue weighted by Crippen LogP contribution is -2.20. The molecule has 0 bridgehead atoms. The number of nitrogens with one attached hydrogen (secondary N) is 3. The highest BCUT2D eigenvalue weighted by Gasteiger charge is 2.11. The molecule has 9 nitrogen and oxygen atoms in total. The highest BCUT2D eigenvalue weighted by atomic mass is 19.1. The topological polar surface area (TPSA) is 110 Å². The van der Waals surface area contributed by atoms with Crippen LogP contribution in [0.4, 0.5) is 20.6 Å². The number of halogens is 1. The largest absolute Gasteiger partial charge is 0.457 e. The zero-order valence-corrected chi connectivity index (χ0v) is 18.6. The molecule has 10 heteroatoms. The fourth-order valence-electron chi connectivity index (χ4n) is 3.41. The van der Waals surface area contributed by atoms with Gasteiger partial charge in [-0.3, -0.25) is 10.1 Å². The Morgan fingerprint density at radius 2 is 1.94 bits per heavy atom. The second-order valence-corrected chi connectivity index (χ2v) is 7.66. The third-order valence-electron chi connectivity index (χ3n) is 5.06. The first-order valence-corrected chi connectivity index (χ1v) is 10.7. The number of nitrogens with zero attached hydrogens (tertiary/aromatic N) is 4. The number of carbonyl (C=O) groups excluding carboxylic acids is 1. The summed E-state index contributed by atoms with van der Waals surface area (Å²) in [5, 5.41) is 11.9. The normalized spacial score (nSPS) is 10.7. The second-order valence-electron chi connectivity index (χ2n) is 7.66. The molecule has 0 saturated heterocycles. The molecular formula is C25H20FN7O2. The number of rotatable bonds is 6. The molecule has 3 heterocycles. The molecule has 5 aromatic rings. The monoisotopic (exact) mass is 469 g/mol. The van der Waals surface area contributed by atoms with Gasteiger partial charge in [0.25, 0.3) is 0 Å². The van der Waals surface area contributed by atoms with E-state index in [9.17, 15) is 9.18 Å². The van der Waals surface area contributed by atoms with Gasteiger partial charge in [0, 0.05) is 47.7 Å². The first kappa shape index (κ1) is 21.8. The molecule has 35 heavy (non-hydrogen) atoms. The van der Waals surface area contributed by atoms with Crippen LogP contribution < -0.4 is 15.4 Å². The highest BCUT2D eigenvalue weighted by Crippen LogP contribution is 2.28. The Kier molecular flexibility index (Phi) is 5.91. The van der Waals surface area contributed by atoms with Gasteiger partial charge in [0.1, 0.15) is 17.3 Å². The number of amides is 2. The first-order chi connectivity index (χ1) is 17.0. The van der Waals surface area contributed by atoms with Crippen LogP contribution in [0.1, 0.15) is 5.69 Å². The summed E-state index contributed by atoms with van der Waals surface area (Å²) in [6.45, 7) is 1.90. The minimum atomic E-state index is -0.635. The molecule has 174 valence electrons. The van der Waals surface area contributed by atoms with Crippen LogP contribution in [0.15, 0.2) is 85.7 Å². The number of benzene rings is 2. The van der Waals surface area contributed by atoms with E-state index in [4.69, 9.17) is 4.74 Å². The number of urea groups is 1. The second kappa shape index (κ2) is 9.48. The van der Waals surface area contributed by atoms with E-state index in [0.717, 1.165) is 16.9 Å². The zero-order valence-electron chi connectivity index (χ0n) is 18.6. The van der Waals surface area contributed by atoms with Crippen LogP contribution in [-0.4, -0.2) is 30.8 Å². The molecule has 0 aliphatic rings. The molecule has 0 aliphatic carbocycles. The van der Waals surface area contributed by atoms with E-state index in [0.29, 0.717) is 17.1 Å². The number of H-pyrrole nitrogens is 1. The minimum Gasteiger partial charge on any atom is -0.457 e. The Bertz CT molecular complexity index is 1480. The number of pyridine rings is 1. The zero-order chi connectivity index (χ0) is 24.2. The van der Waals surface area contributed by atoms with Gasteiger partial charge in [0.05, 0.1) is 29.6 Å². The molecule has 2 aromatic carbocycles. The Hall–Kier alpha value is -4.99. The molecule has 0 aliphatic heterocycles. The van der Waals surface area contributed by atoms with Crippen LogP contribution in [0.2, 0.25) is 0 Å². The van der Waals surface area contributed by atoms with Crippen molar-refractivity contribution in [3.63, 3.8) is 0 Å². The molecule has 0 saturated carbocycles. The van der Waals surface area contributed by atoms with Crippen molar-refractivity contribution in [2.45, 2.75) is 6.92 Å². The standard InChI is InChI=1S/C25H20FN7O2/c1-16-14-33(15-28-16)19-4-2-3-18(9-19)31-25(34)32-23-6-5-20(10-22(23)26)35-21-7-8-27-24(11-21)17-12-29-30-13-17/h2-15H,1H3,(H,29,30)(H2,31,32,34). The van der Waals surface area contributed by atoms with Gasteiger partial charge in [-0.2, -0.15) is 5.10 Å². The van der Waals surface area contributed by atoms with Crippen LogP contribution in [0, 0.1) is 12.7 Å². The average Bonchev–Trinajstić information content (AvgIpc) is 3.54. The lowest BCUT2D eigenvalue weighted by molar-refractivity contribution is 0.262. The van der Waals surface area contributed by atoms with Crippen molar-refractivity contribution in [3.05, 3.63) is 97.2 Å². The van der Waals surface area contributed by atoms with E-state index >= 15 is 0 Å². The van der Waals surface area contributed by atoms with Crippen LogP contribution >= 0.6 is 0 Å².